The summed E-state index contributed by atoms with van der Waals surface area (Å²) in [4.78, 5) is 14.4. The lowest BCUT2D eigenvalue weighted by Crippen LogP contribution is -2.36. The van der Waals surface area contributed by atoms with E-state index >= 15 is 0 Å². The number of sulfone groups is 1. The van der Waals surface area contributed by atoms with Crippen LogP contribution in [-0.2, 0) is 19.4 Å². The Labute approximate surface area is 149 Å². The van der Waals surface area contributed by atoms with Gasteiger partial charge in [0.25, 0.3) is 0 Å². The second-order valence-corrected chi connectivity index (χ2v) is 8.99. The number of ether oxygens (including phenoxy) is 1. The molecule has 3 rings (SSSR count). The molecule has 0 bridgehead atoms. The van der Waals surface area contributed by atoms with Gasteiger partial charge in [0.2, 0.25) is 5.91 Å². The van der Waals surface area contributed by atoms with Crippen LogP contribution in [0.4, 0.5) is 11.4 Å². The van der Waals surface area contributed by atoms with Crippen LogP contribution in [-0.4, -0.2) is 51.6 Å². The zero-order valence-corrected chi connectivity index (χ0v) is 15.4. The normalized spacial score (nSPS) is 23.3. The fraction of sp³-hybridized carbons (Fsp3) is 0.611. The summed E-state index contributed by atoms with van der Waals surface area (Å²) in [5.74, 6) is 0.561. The smallest absolute Gasteiger partial charge is 0.227 e. The Morgan fingerprint density at radius 3 is 2.44 bits per heavy atom. The van der Waals surface area contributed by atoms with Gasteiger partial charge in [-0.3, -0.25) is 4.79 Å². The van der Waals surface area contributed by atoms with Crippen molar-refractivity contribution in [1.29, 1.82) is 0 Å². The van der Waals surface area contributed by atoms with Crippen LogP contribution < -0.4 is 10.2 Å². The van der Waals surface area contributed by atoms with Gasteiger partial charge in [-0.15, -0.1) is 0 Å². The highest BCUT2D eigenvalue weighted by Gasteiger charge is 2.31. The van der Waals surface area contributed by atoms with E-state index in [0.717, 1.165) is 30.8 Å². The van der Waals surface area contributed by atoms with Gasteiger partial charge in [-0.2, -0.15) is 0 Å². The van der Waals surface area contributed by atoms with Gasteiger partial charge in [-0.05, 0) is 50.5 Å². The fourth-order valence-corrected chi connectivity index (χ4v) is 5.34. The minimum Gasteiger partial charge on any atom is -0.381 e. The Balaban J connectivity index is 1.63. The number of nitrogens with zero attached hydrogens (tertiary/aromatic N) is 1. The molecule has 0 radical (unpaired) electrons. The van der Waals surface area contributed by atoms with Gasteiger partial charge in [0, 0.05) is 43.1 Å². The molecule has 2 aliphatic rings. The Kier molecular flexibility index (Phi) is 5.64. The predicted octanol–water partition coefficient (Wildman–Crippen LogP) is 2.07. The number of carbonyl (C=O) groups is 1. The first-order valence-electron chi connectivity index (χ1n) is 8.94. The topological polar surface area (TPSA) is 75.7 Å². The van der Waals surface area contributed by atoms with Crippen molar-refractivity contribution in [3.05, 3.63) is 24.3 Å². The third-order valence-corrected chi connectivity index (χ3v) is 6.80. The molecule has 7 heteroatoms. The van der Waals surface area contributed by atoms with Gasteiger partial charge in [0.05, 0.1) is 11.5 Å². The zero-order chi connectivity index (χ0) is 17.9. The average Bonchev–Trinajstić information content (AvgIpc) is 2.97. The summed E-state index contributed by atoms with van der Waals surface area (Å²) in [6.07, 6.45) is 2.21. The summed E-state index contributed by atoms with van der Waals surface area (Å²) in [5, 5.41) is 2.97. The number of benzene rings is 1. The SMILES string of the molecule is CCN(c1ccc(NC(=O)C2CCOCC2)cc1)C1CCS(=O)(=O)C1. The number of hydrogen-bond donors (Lipinski definition) is 1. The van der Waals surface area contributed by atoms with E-state index in [-0.39, 0.29) is 29.4 Å². The Bertz CT molecular complexity index is 696. The monoisotopic (exact) mass is 366 g/mol. The number of carbonyl (C=O) groups excluding carboxylic acids is 1. The van der Waals surface area contributed by atoms with Gasteiger partial charge in [-0.1, -0.05) is 0 Å². The Morgan fingerprint density at radius 1 is 1.20 bits per heavy atom. The standard InChI is InChI=1S/C18H26N2O4S/c1-2-20(17-9-12-25(22,23)13-17)16-5-3-15(4-6-16)19-18(21)14-7-10-24-11-8-14/h3-6,14,17H,2,7-13H2,1H3,(H,19,21). The van der Waals surface area contributed by atoms with Gasteiger partial charge in [0.1, 0.15) is 0 Å². The number of amides is 1. The van der Waals surface area contributed by atoms with Crippen LogP contribution in [0.2, 0.25) is 0 Å². The summed E-state index contributed by atoms with van der Waals surface area (Å²) in [5.41, 5.74) is 1.77. The number of hydrogen-bond acceptors (Lipinski definition) is 5. The quantitative estimate of drug-likeness (QED) is 0.863. The lowest BCUT2D eigenvalue weighted by atomic mass is 9.99. The van der Waals surface area contributed by atoms with Gasteiger partial charge in [0.15, 0.2) is 9.84 Å². The summed E-state index contributed by atoms with van der Waals surface area (Å²) >= 11 is 0. The van der Waals surface area contributed by atoms with E-state index in [2.05, 4.69) is 10.2 Å². The average molecular weight is 366 g/mol. The molecule has 1 aromatic rings. The molecule has 1 amide bonds. The van der Waals surface area contributed by atoms with Crippen molar-refractivity contribution in [1.82, 2.24) is 0 Å². The molecule has 25 heavy (non-hydrogen) atoms. The maximum Gasteiger partial charge on any atom is 0.227 e. The van der Waals surface area contributed by atoms with Crippen molar-refractivity contribution in [2.75, 3.05) is 41.5 Å². The first-order valence-corrected chi connectivity index (χ1v) is 10.8. The van der Waals surface area contributed by atoms with E-state index in [1.165, 1.54) is 0 Å². The zero-order valence-electron chi connectivity index (χ0n) is 14.6. The Hall–Kier alpha value is -1.60. The number of anilines is 2. The maximum atomic E-state index is 12.3. The summed E-state index contributed by atoms with van der Waals surface area (Å²) in [6.45, 7) is 4.08. The third-order valence-electron chi connectivity index (χ3n) is 5.05. The van der Waals surface area contributed by atoms with Crippen LogP contribution in [0.15, 0.2) is 24.3 Å². The van der Waals surface area contributed by atoms with E-state index in [4.69, 9.17) is 4.74 Å². The van der Waals surface area contributed by atoms with Crippen molar-refractivity contribution < 1.29 is 17.9 Å². The van der Waals surface area contributed by atoms with Crippen LogP contribution in [0.25, 0.3) is 0 Å². The second kappa shape index (κ2) is 7.74. The molecule has 2 heterocycles. The van der Waals surface area contributed by atoms with E-state index in [1.54, 1.807) is 0 Å². The molecule has 0 spiro atoms. The van der Waals surface area contributed by atoms with Crippen LogP contribution in [0.3, 0.4) is 0 Å². The van der Waals surface area contributed by atoms with Crippen molar-refractivity contribution in [2.24, 2.45) is 5.92 Å². The molecule has 0 saturated carbocycles. The largest absolute Gasteiger partial charge is 0.381 e. The van der Waals surface area contributed by atoms with Crippen LogP contribution in [0, 0.1) is 5.92 Å². The first-order chi connectivity index (χ1) is 12.0. The van der Waals surface area contributed by atoms with Crippen molar-refractivity contribution in [3.63, 3.8) is 0 Å². The molecule has 1 aromatic carbocycles. The molecular weight excluding hydrogens is 340 g/mol. The molecular formula is C18H26N2O4S. The highest BCUT2D eigenvalue weighted by Crippen LogP contribution is 2.26. The molecule has 1 unspecified atom stereocenters. The van der Waals surface area contributed by atoms with Gasteiger partial charge in [-0.25, -0.2) is 8.42 Å². The molecule has 1 N–H and O–H groups in total. The minimum atomic E-state index is -2.90. The first kappa shape index (κ1) is 18.2. The van der Waals surface area contributed by atoms with E-state index < -0.39 is 9.84 Å². The van der Waals surface area contributed by atoms with Gasteiger partial charge < -0.3 is 15.0 Å². The summed E-state index contributed by atoms with van der Waals surface area (Å²) in [6, 6.07) is 7.72. The van der Waals surface area contributed by atoms with E-state index in [1.807, 2.05) is 31.2 Å². The molecule has 6 nitrogen and oxygen atoms in total. The maximum absolute atomic E-state index is 12.3. The van der Waals surface area contributed by atoms with E-state index in [9.17, 15) is 13.2 Å². The summed E-state index contributed by atoms with van der Waals surface area (Å²) in [7, 11) is -2.90. The molecule has 0 aromatic heterocycles. The molecule has 2 aliphatic heterocycles. The third kappa shape index (κ3) is 4.52. The lowest BCUT2D eigenvalue weighted by Gasteiger charge is -2.29. The predicted molar refractivity (Wildman–Crippen MR) is 98.7 cm³/mol. The van der Waals surface area contributed by atoms with Gasteiger partial charge >= 0.3 is 0 Å². The van der Waals surface area contributed by atoms with Crippen LogP contribution in [0.5, 0.6) is 0 Å². The van der Waals surface area contributed by atoms with Crippen LogP contribution in [0.1, 0.15) is 26.2 Å². The Morgan fingerprint density at radius 2 is 1.88 bits per heavy atom. The summed E-state index contributed by atoms with van der Waals surface area (Å²) < 4.78 is 28.8. The van der Waals surface area contributed by atoms with E-state index in [0.29, 0.717) is 19.6 Å². The lowest BCUT2D eigenvalue weighted by molar-refractivity contribution is -0.122. The highest BCUT2D eigenvalue weighted by molar-refractivity contribution is 7.91. The minimum absolute atomic E-state index is 0.0178. The fourth-order valence-electron chi connectivity index (χ4n) is 3.61. The molecule has 0 aliphatic carbocycles. The molecule has 2 saturated heterocycles. The van der Waals surface area contributed by atoms with Crippen LogP contribution >= 0.6 is 0 Å². The molecule has 138 valence electrons. The van der Waals surface area contributed by atoms with Crippen molar-refractivity contribution in [3.8, 4) is 0 Å². The number of nitrogens with one attached hydrogen (secondary N) is 1. The number of rotatable bonds is 5. The second-order valence-electron chi connectivity index (χ2n) is 6.77. The molecule has 1 atom stereocenters. The van der Waals surface area contributed by atoms with Crippen molar-refractivity contribution >= 4 is 27.1 Å². The highest BCUT2D eigenvalue weighted by atomic mass is 32.2. The van der Waals surface area contributed by atoms with Crippen molar-refractivity contribution in [2.45, 2.75) is 32.2 Å². The molecule has 2 fully saturated rings.